The van der Waals surface area contributed by atoms with Gasteiger partial charge in [-0.1, -0.05) is 0 Å². The third kappa shape index (κ3) is 9.87. The van der Waals surface area contributed by atoms with Crippen molar-refractivity contribution in [2.45, 2.75) is 26.2 Å². The summed E-state index contributed by atoms with van der Waals surface area (Å²) < 4.78 is -1.26. The van der Waals surface area contributed by atoms with Crippen LogP contribution < -0.4 is 0 Å². The van der Waals surface area contributed by atoms with Gasteiger partial charge in [0.15, 0.2) is 0 Å². The first-order valence-electron chi connectivity index (χ1n) is 3.13. The van der Waals surface area contributed by atoms with Crippen molar-refractivity contribution in [2.75, 3.05) is 6.16 Å². The van der Waals surface area contributed by atoms with E-state index in [1.165, 1.54) is 25.4 Å². The molecule has 0 aliphatic heterocycles. The fraction of sp³-hybridized carbons (Fsp3) is 1.00. The second-order valence-electron chi connectivity index (χ2n) is 2.07. The molecule has 9 heavy (non-hydrogen) atoms. The average molecular weight is 343 g/mol. The van der Waals surface area contributed by atoms with Gasteiger partial charge in [0.1, 0.15) is 0 Å². The van der Waals surface area contributed by atoms with Crippen molar-refractivity contribution in [1.82, 2.24) is 0 Å². The predicted octanol–water partition coefficient (Wildman–Crippen LogP) is 4.86. The summed E-state index contributed by atoms with van der Waals surface area (Å²) >= 11 is 10.7. The van der Waals surface area contributed by atoms with Crippen LogP contribution in [-0.4, -0.2) is 6.16 Å². The van der Waals surface area contributed by atoms with Gasteiger partial charge in [-0.25, -0.2) is 0 Å². The van der Waals surface area contributed by atoms with Crippen LogP contribution in [0.3, 0.4) is 0 Å². The molecule has 0 aliphatic carbocycles. The second-order valence-corrected chi connectivity index (χ2v) is 25.6. The van der Waals surface area contributed by atoms with E-state index in [1.54, 1.807) is 0 Å². The summed E-state index contributed by atoms with van der Waals surface area (Å²) in [5, 5.41) is 0. The Labute approximate surface area is 81.7 Å². The van der Waals surface area contributed by atoms with Crippen LogP contribution in [0, 0.1) is 0 Å². The van der Waals surface area contributed by atoms with Gasteiger partial charge < -0.3 is 0 Å². The summed E-state index contributed by atoms with van der Waals surface area (Å²) in [6.07, 6.45) is 5.24. The van der Waals surface area contributed by atoms with Crippen LogP contribution in [0.1, 0.15) is 26.2 Å². The van der Waals surface area contributed by atoms with Gasteiger partial charge >= 0.3 is 82.2 Å². The molecule has 0 saturated heterocycles. The monoisotopic (exact) mass is 340 g/mol. The van der Waals surface area contributed by atoms with E-state index in [9.17, 15) is 0 Å². The number of rotatable bonds is 4. The summed E-state index contributed by atoms with van der Waals surface area (Å²) in [7, 11) is 0. The van der Waals surface area contributed by atoms with E-state index in [0.717, 1.165) is 0 Å². The molecule has 0 atom stereocenters. The molecule has 0 unspecified atom stereocenters. The van der Waals surface area contributed by atoms with Crippen molar-refractivity contribution in [1.29, 1.82) is 0 Å². The number of hydrogen-bond acceptors (Lipinski definition) is 0. The van der Waals surface area contributed by atoms with Gasteiger partial charge in [0.2, 0.25) is 0 Å². The third-order valence-corrected chi connectivity index (χ3v) is 5.55. The molecule has 0 fully saturated rings. The molecule has 0 saturated carbocycles. The van der Waals surface area contributed by atoms with Crippen LogP contribution in [0.25, 0.3) is 0 Å². The normalized spacial score (nSPS) is 13.8. The summed E-state index contributed by atoms with van der Waals surface area (Å²) in [6.45, 7) is 2.22. The van der Waals surface area contributed by atoms with Gasteiger partial charge in [0, 0.05) is 0 Å². The molecule has 0 aromatic heterocycles. The third-order valence-electron chi connectivity index (χ3n) is 1.06. The van der Waals surface area contributed by atoms with Gasteiger partial charge in [-0.15, -0.1) is 0 Å². The molecule has 0 amide bonds. The summed E-state index contributed by atoms with van der Waals surface area (Å²) in [6, 6.07) is 0. The van der Waals surface area contributed by atoms with E-state index in [4.69, 9.17) is 0 Å². The van der Waals surface area contributed by atoms with Gasteiger partial charge in [-0.3, -0.25) is 0 Å². The molecule has 0 rings (SSSR count). The van der Waals surface area contributed by atoms with Crippen molar-refractivity contribution in [3.05, 3.63) is 0 Å². The zero-order valence-electron chi connectivity index (χ0n) is 5.46. The molecule has 0 nitrogen and oxygen atoms in total. The molecule has 0 aromatic rings. The molecular weight excluding hydrogens is 331 g/mol. The van der Waals surface area contributed by atoms with E-state index >= 15 is 0 Å². The minimum atomic E-state index is -1.26. The maximum atomic E-state index is 3.58. The molecule has 0 heterocycles. The summed E-state index contributed by atoms with van der Waals surface area (Å²) in [5.74, 6) is 0. The predicted molar refractivity (Wildman–Crippen MR) is 59.5 cm³/mol. The quantitative estimate of drug-likeness (QED) is 0.506. The van der Waals surface area contributed by atoms with Crippen LogP contribution in [0.2, 0.25) is 0 Å². The molecule has 58 valence electrons. The van der Waals surface area contributed by atoms with Crippen LogP contribution in [-0.2, 0) is 0 Å². The Morgan fingerprint density at radius 2 is 1.67 bits per heavy atom. The Balaban J connectivity index is 3.07. The van der Waals surface area contributed by atoms with Crippen LogP contribution in [0.15, 0.2) is 0 Å². The molecule has 0 spiro atoms. The van der Waals surface area contributed by atoms with Crippen LogP contribution in [0.5, 0.6) is 0 Å². The first kappa shape index (κ1) is 10.9. The molecule has 0 aliphatic rings. The Bertz CT molecular complexity index is 69.1. The Hall–Kier alpha value is 1.87. The Kier molecular flexibility index (Phi) is 6.66. The summed E-state index contributed by atoms with van der Waals surface area (Å²) in [5.41, 5.74) is 0. The van der Waals surface area contributed by atoms with Crippen molar-refractivity contribution in [3.8, 4) is 0 Å². The second kappa shape index (κ2) is 5.51. The standard InChI is InChI=1S/C5H12Br3P/c1-2-3-4-5-9(6,7)8/h9H,2-5H2,1H3. The fourth-order valence-electron chi connectivity index (χ4n) is 0.575. The maximum absolute atomic E-state index is 3.58. The molecule has 4 heteroatoms. The molecule has 0 N–H and O–H groups in total. The number of halogens is 3. The molecular formula is C5H12Br3P. The zero-order valence-corrected chi connectivity index (χ0v) is 11.2. The summed E-state index contributed by atoms with van der Waals surface area (Å²) in [4.78, 5) is 0. The first-order valence-corrected chi connectivity index (χ1v) is 12.1. The Morgan fingerprint density at radius 3 is 2.00 bits per heavy atom. The van der Waals surface area contributed by atoms with Crippen LogP contribution in [0.4, 0.5) is 0 Å². The van der Waals surface area contributed by atoms with E-state index in [2.05, 4.69) is 53.4 Å². The minimum absolute atomic E-state index is 1.26. The van der Waals surface area contributed by atoms with E-state index in [1.807, 2.05) is 0 Å². The van der Waals surface area contributed by atoms with E-state index in [-0.39, 0.29) is 0 Å². The van der Waals surface area contributed by atoms with Gasteiger partial charge in [0.05, 0.1) is 0 Å². The van der Waals surface area contributed by atoms with E-state index in [0.29, 0.717) is 0 Å². The van der Waals surface area contributed by atoms with Gasteiger partial charge in [-0.2, -0.15) is 0 Å². The molecule has 0 bridgehead atoms. The van der Waals surface area contributed by atoms with Crippen LogP contribution >= 0.6 is 49.8 Å². The number of unbranched alkanes of at least 4 members (excludes halogenated alkanes) is 2. The van der Waals surface area contributed by atoms with Gasteiger partial charge in [-0.05, 0) is 0 Å². The van der Waals surface area contributed by atoms with Crippen molar-refractivity contribution in [2.24, 2.45) is 0 Å². The van der Waals surface area contributed by atoms with Crippen molar-refractivity contribution >= 4 is 49.8 Å². The average Bonchev–Trinajstić information content (AvgIpc) is 1.63. The molecule has 0 aromatic carbocycles. The molecule has 0 radical (unpaired) electrons. The zero-order chi connectivity index (χ0) is 7.33. The SMILES string of the molecule is CCCCC[PH](Br)(Br)Br. The fourth-order valence-corrected chi connectivity index (χ4v) is 3.75. The Morgan fingerprint density at radius 1 is 1.11 bits per heavy atom. The van der Waals surface area contributed by atoms with Crippen molar-refractivity contribution in [3.63, 3.8) is 0 Å². The first-order chi connectivity index (χ1) is 4.06. The van der Waals surface area contributed by atoms with Gasteiger partial charge in [0.25, 0.3) is 0 Å². The topological polar surface area (TPSA) is 0 Å². The van der Waals surface area contributed by atoms with E-state index < -0.39 is 3.37 Å². The number of hydrogen-bond donors (Lipinski definition) is 0. The van der Waals surface area contributed by atoms with Crippen molar-refractivity contribution < 1.29 is 0 Å².